The Kier molecular flexibility index (Phi) is 4.65. The molecule has 0 heterocycles. The number of halogens is 3. The Hall–Kier alpha value is -1.19. The average molecular weight is 260 g/mol. The fourth-order valence-electron chi connectivity index (χ4n) is 1.55. The van der Waals surface area contributed by atoms with Gasteiger partial charge in [0.2, 0.25) is 0 Å². The van der Waals surface area contributed by atoms with E-state index in [0.717, 1.165) is 25.0 Å². The number of rotatable bonds is 4. The third kappa shape index (κ3) is 5.43. The molecule has 0 bridgehead atoms. The molecule has 1 rings (SSSR count). The Labute approximate surface area is 106 Å². The van der Waals surface area contributed by atoms with E-state index in [9.17, 15) is 13.2 Å². The first kappa shape index (κ1) is 14.9. The van der Waals surface area contributed by atoms with E-state index >= 15 is 0 Å². The predicted octanol–water partition coefficient (Wildman–Crippen LogP) is 4.91. The van der Waals surface area contributed by atoms with Crippen LogP contribution in [-0.4, -0.2) is 6.61 Å². The Morgan fingerprint density at radius 3 is 2.33 bits per heavy atom. The number of alkyl halides is 3. The van der Waals surface area contributed by atoms with Gasteiger partial charge in [0.25, 0.3) is 0 Å². The van der Waals surface area contributed by atoms with Crippen molar-refractivity contribution < 1.29 is 17.9 Å². The highest BCUT2D eigenvalue weighted by molar-refractivity contribution is 5.30. The molecule has 0 saturated carbocycles. The summed E-state index contributed by atoms with van der Waals surface area (Å²) in [5.41, 5.74) is -0.451. The summed E-state index contributed by atoms with van der Waals surface area (Å²) in [5, 5.41) is 0. The number of hydrogen-bond acceptors (Lipinski definition) is 1. The molecule has 0 aliphatic heterocycles. The van der Waals surface area contributed by atoms with Crippen LogP contribution in [-0.2, 0) is 6.18 Å². The Balaban J connectivity index is 2.49. The van der Waals surface area contributed by atoms with Crippen molar-refractivity contribution in [2.24, 2.45) is 5.41 Å². The van der Waals surface area contributed by atoms with Gasteiger partial charge in [-0.15, -0.1) is 0 Å². The lowest BCUT2D eigenvalue weighted by Gasteiger charge is -2.17. The first-order chi connectivity index (χ1) is 8.18. The maximum absolute atomic E-state index is 12.5. The lowest BCUT2D eigenvalue weighted by Crippen LogP contribution is -2.08. The molecular formula is C14H19F3O. The van der Waals surface area contributed by atoms with Crippen LogP contribution >= 0.6 is 0 Å². The van der Waals surface area contributed by atoms with E-state index in [1.165, 1.54) is 6.07 Å². The normalized spacial score (nSPS) is 12.6. The zero-order valence-electron chi connectivity index (χ0n) is 11.0. The van der Waals surface area contributed by atoms with Crippen LogP contribution in [0.3, 0.4) is 0 Å². The molecule has 4 heteroatoms. The van der Waals surface area contributed by atoms with Gasteiger partial charge in [-0.05, 0) is 36.5 Å². The minimum absolute atomic E-state index is 0.219. The minimum Gasteiger partial charge on any atom is -0.494 e. The third-order valence-corrected chi connectivity index (χ3v) is 2.50. The van der Waals surface area contributed by atoms with Gasteiger partial charge in [0.1, 0.15) is 5.75 Å². The van der Waals surface area contributed by atoms with Crippen molar-refractivity contribution in [1.82, 2.24) is 0 Å². The van der Waals surface area contributed by atoms with Crippen molar-refractivity contribution in [1.29, 1.82) is 0 Å². The summed E-state index contributed by atoms with van der Waals surface area (Å²) in [6.07, 6.45) is -2.50. The standard InChI is InChI=1S/C14H19F3O/c1-13(2,3)8-5-9-18-12-7-4-6-11(10-12)14(15,16)17/h4,6-7,10H,5,8-9H2,1-3H3. The molecule has 1 nitrogen and oxygen atoms in total. The molecular weight excluding hydrogens is 241 g/mol. The zero-order valence-corrected chi connectivity index (χ0v) is 11.0. The van der Waals surface area contributed by atoms with Gasteiger partial charge in [0.05, 0.1) is 12.2 Å². The molecule has 0 spiro atoms. The second kappa shape index (κ2) is 5.63. The lowest BCUT2D eigenvalue weighted by molar-refractivity contribution is -0.137. The molecule has 0 amide bonds. The van der Waals surface area contributed by atoms with Crippen LogP contribution in [0.5, 0.6) is 5.75 Å². The van der Waals surface area contributed by atoms with Crippen LogP contribution < -0.4 is 4.74 Å². The van der Waals surface area contributed by atoms with Crippen LogP contribution in [0.25, 0.3) is 0 Å². The summed E-state index contributed by atoms with van der Waals surface area (Å²) in [7, 11) is 0. The number of hydrogen-bond donors (Lipinski definition) is 0. The maximum Gasteiger partial charge on any atom is 0.416 e. The second-order valence-electron chi connectivity index (χ2n) is 5.54. The second-order valence-corrected chi connectivity index (χ2v) is 5.54. The largest absolute Gasteiger partial charge is 0.494 e. The molecule has 0 saturated heterocycles. The molecule has 0 radical (unpaired) electrons. The van der Waals surface area contributed by atoms with Gasteiger partial charge < -0.3 is 4.74 Å². The van der Waals surface area contributed by atoms with E-state index in [1.807, 2.05) is 0 Å². The first-order valence-electron chi connectivity index (χ1n) is 5.98. The van der Waals surface area contributed by atoms with Crippen molar-refractivity contribution in [3.8, 4) is 5.75 Å². The molecule has 18 heavy (non-hydrogen) atoms. The highest BCUT2D eigenvalue weighted by atomic mass is 19.4. The highest BCUT2D eigenvalue weighted by Gasteiger charge is 2.30. The van der Waals surface area contributed by atoms with E-state index in [2.05, 4.69) is 20.8 Å². The van der Waals surface area contributed by atoms with Crippen LogP contribution in [0.1, 0.15) is 39.2 Å². The fourth-order valence-corrected chi connectivity index (χ4v) is 1.55. The minimum atomic E-state index is -4.31. The third-order valence-electron chi connectivity index (χ3n) is 2.50. The van der Waals surface area contributed by atoms with Gasteiger partial charge in [-0.1, -0.05) is 26.8 Å². The summed E-state index contributed by atoms with van der Waals surface area (Å²) in [4.78, 5) is 0. The maximum atomic E-state index is 12.5. The van der Waals surface area contributed by atoms with E-state index in [1.54, 1.807) is 6.07 Å². The summed E-state index contributed by atoms with van der Waals surface area (Å²) in [6, 6.07) is 4.99. The van der Waals surface area contributed by atoms with Gasteiger partial charge in [-0.25, -0.2) is 0 Å². The quantitative estimate of drug-likeness (QED) is 0.699. The van der Waals surface area contributed by atoms with Crippen LogP contribution in [0.15, 0.2) is 24.3 Å². The van der Waals surface area contributed by atoms with Gasteiger partial charge in [-0.3, -0.25) is 0 Å². The van der Waals surface area contributed by atoms with Crippen LogP contribution in [0, 0.1) is 5.41 Å². The summed E-state index contributed by atoms with van der Waals surface area (Å²) < 4.78 is 42.7. The molecule has 0 aromatic heterocycles. The van der Waals surface area contributed by atoms with Crippen molar-refractivity contribution in [3.05, 3.63) is 29.8 Å². The summed E-state index contributed by atoms with van der Waals surface area (Å²) in [6.45, 7) is 6.81. The molecule has 0 fully saturated rings. The molecule has 0 atom stereocenters. The Bertz CT molecular complexity index is 377. The summed E-state index contributed by atoms with van der Waals surface area (Å²) in [5.74, 6) is 0.277. The molecule has 1 aromatic rings. The number of benzene rings is 1. The molecule has 102 valence electrons. The van der Waals surface area contributed by atoms with Crippen molar-refractivity contribution in [2.75, 3.05) is 6.61 Å². The van der Waals surface area contributed by atoms with Gasteiger partial charge in [0, 0.05) is 0 Å². The first-order valence-corrected chi connectivity index (χ1v) is 5.98. The van der Waals surface area contributed by atoms with Gasteiger partial charge >= 0.3 is 6.18 Å². The Morgan fingerprint density at radius 2 is 1.78 bits per heavy atom. The monoisotopic (exact) mass is 260 g/mol. The molecule has 0 aliphatic carbocycles. The fraction of sp³-hybridized carbons (Fsp3) is 0.571. The van der Waals surface area contributed by atoms with E-state index < -0.39 is 11.7 Å². The van der Waals surface area contributed by atoms with Crippen molar-refractivity contribution in [2.45, 2.75) is 39.8 Å². The molecule has 0 aliphatic rings. The molecule has 0 N–H and O–H groups in total. The van der Waals surface area contributed by atoms with Crippen molar-refractivity contribution in [3.63, 3.8) is 0 Å². The van der Waals surface area contributed by atoms with E-state index in [-0.39, 0.29) is 11.2 Å². The molecule has 0 unspecified atom stereocenters. The zero-order chi connectivity index (χ0) is 13.8. The van der Waals surface area contributed by atoms with E-state index in [4.69, 9.17) is 4.74 Å². The van der Waals surface area contributed by atoms with Crippen LogP contribution in [0.4, 0.5) is 13.2 Å². The Morgan fingerprint density at radius 1 is 1.11 bits per heavy atom. The van der Waals surface area contributed by atoms with Crippen LogP contribution in [0.2, 0.25) is 0 Å². The van der Waals surface area contributed by atoms with Crippen molar-refractivity contribution >= 4 is 0 Å². The van der Waals surface area contributed by atoms with Gasteiger partial charge in [-0.2, -0.15) is 13.2 Å². The number of ether oxygens (including phenoxy) is 1. The SMILES string of the molecule is CC(C)(C)CCCOc1cccc(C(F)(F)F)c1. The topological polar surface area (TPSA) is 9.23 Å². The highest BCUT2D eigenvalue weighted by Crippen LogP contribution is 2.31. The average Bonchev–Trinajstić information content (AvgIpc) is 2.22. The lowest BCUT2D eigenvalue weighted by atomic mass is 9.91. The van der Waals surface area contributed by atoms with Gasteiger partial charge in [0.15, 0.2) is 0 Å². The van der Waals surface area contributed by atoms with E-state index in [0.29, 0.717) is 6.61 Å². The molecule has 1 aromatic carbocycles. The smallest absolute Gasteiger partial charge is 0.416 e. The summed E-state index contributed by atoms with van der Waals surface area (Å²) >= 11 is 0. The predicted molar refractivity (Wildman–Crippen MR) is 65.6 cm³/mol.